The molecular formula is C13H21NO3. The maximum absolute atomic E-state index is 9.59. The van der Waals surface area contributed by atoms with Crippen molar-refractivity contribution in [3.05, 3.63) is 23.8 Å². The summed E-state index contributed by atoms with van der Waals surface area (Å²) < 4.78 is 5.31. The van der Waals surface area contributed by atoms with E-state index in [0.29, 0.717) is 12.4 Å². The SMILES string of the molecule is CCOc1cc([C@@H](N)C(C)(C)CO)ccc1O. The van der Waals surface area contributed by atoms with E-state index in [-0.39, 0.29) is 18.4 Å². The van der Waals surface area contributed by atoms with Crippen LogP contribution in [0.2, 0.25) is 0 Å². The monoisotopic (exact) mass is 239 g/mol. The lowest BCUT2D eigenvalue weighted by molar-refractivity contribution is 0.132. The van der Waals surface area contributed by atoms with Gasteiger partial charge in [0, 0.05) is 18.1 Å². The largest absolute Gasteiger partial charge is 0.504 e. The zero-order chi connectivity index (χ0) is 13.1. The molecule has 1 aromatic rings. The van der Waals surface area contributed by atoms with Gasteiger partial charge in [-0.3, -0.25) is 0 Å². The molecule has 0 saturated heterocycles. The van der Waals surface area contributed by atoms with Crippen LogP contribution in [0, 0.1) is 5.41 Å². The molecule has 0 heterocycles. The predicted octanol–water partition coefficient (Wildman–Crippen LogP) is 1.81. The van der Waals surface area contributed by atoms with Gasteiger partial charge in [0.2, 0.25) is 0 Å². The van der Waals surface area contributed by atoms with E-state index in [0.717, 1.165) is 5.56 Å². The second-order valence-corrected chi connectivity index (χ2v) is 4.78. The summed E-state index contributed by atoms with van der Waals surface area (Å²) >= 11 is 0. The van der Waals surface area contributed by atoms with Crippen LogP contribution in [0.4, 0.5) is 0 Å². The quantitative estimate of drug-likeness (QED) is 0.732. The highest BCUT2D eigenvalue weighted by atomic mass is 16.5. The Morgan fingerprint density at radius 1 is 1.41 bits per heavy atom. The van der Waals surface area contributed by atoms with Crippen molar-refractivity contribution >= 4 is 0 Å². The Morgan fingerprint density at radius 3 is 2.59 bits per heavy atom. The van der Waals surface area contributed by atoms with E-state index in [2.05, 4.69) is 0 Å². The van der Waals surface area contributed by atoms with Gasteiger partial charge in [-0.15, -0.1) is 0 Å². The summed E-state index contributed by atoms with van der Waals surface area (Å²) in [4.78, 5) is 0. The molecule has 96 valence electrons. The topological polar surface area (TPSA) is 75.7 Å². The van der Waals surface area contributed by atoms with E-state index in [1.165, 1.54) is 0 Å². The molecule has 4 heteroatoms. The molecular weight excluding hydrogens is 218 g/mol. The molecule has 4 nitrogen and oxygen atoms in total. The number of ether oxygens (including phenoxy) is 1. The summed E-state index contributed by atoms with van der Waals surface area (Å²) in [5.41, 5.74) is 6.52. The van der Waals surface area contributed by atoms with Crippen LogP contribution in [0.25, 0.3) is 0 Å². The van der Waals surface area contributed by atoms with Crippen LogP contribution in [0.3, 0.4) is 0 Å². The number of aromatic hydroxyl groups is 1. The van der Waals surface area contributed by atoms with Gasteiger partial charge < -0.3 is 20.7 Å². The molecule has 0 aromatic heterocycles. The second kappa shape index (κ2) is 5.38. The van der Waals surface area contributed by atoms with E-state index in [9.17, 15) is 10.2 Å². The van der Waals surface area contributed by atoms with Crippen molar-refractivity contribution in [1.29, 1.82) is 0 Å². The Hall–Kier alpha value is -1.26. The third-order valence-electron chi connectivity index (χ3n) is 2.89. The molecule has 0 aliphatic carbocycles. The minimum absolute atomic E-state index is 0.000981. The zero-order valence-corrected chi connectivity index (χ0v) is 10.6. The highest BCUT2D eigenvalue weighted by Crippen LogP contribution is 2.35. The third kappa shape index (κ3) is 3.11. The average molecular weight is 239 g/mol. The average Bonchev–Trinajstić information content (AvgIpc) is 2.31. The lowest BCUT2D eigenvalue weighted by Gasteiger charge is -2.30. The normalized spacial score (nSPS) is 13.5. The fourth-order valence-electron chi connectivity index (χ4n) is 1.54. The molecule has 0 radical (unpaired) electrons. The number of rotatable bonds is 5. The van der Waals surface area contributed by atoms with Gasteiger partial charge in [-0.25, -0.2) is 0 Å². The molecule has 0 unspecified atom stereocenters. The van der Waals surface area contributed by atoms with Crippen LogP contribution in [0.1, 0.15) is 32.4 Å². The van der Waals surface area contributed by atoms with Gasteiger partial charge in [0.05, 0.1) is 6.61 Å². The molecule has 1 aromatic carbocycles. The minimum Gasteiger partial charge on any atom is -0.504 e. The van der Waals surface area contributed by atoms with E-state index in [4.69, 9.17) is 10.5 Å². The summed E-state index contributed by atoms with van der Waals surface area (Å²) in [5.74, 6) is 0.527. The third-order valence-corrected chi connectivity index (χ3v) is 2.89. The van der Waals surface area contributed by atoms with Gasteiger partial charge in [0.15, 0.2) is 11.5 Å². The number of hydrogen-bond donors (Lipinski definition) is 3. The molecule has 0 aliphatic heterocycles. The number of aliphatic hydroxyl groups is 1. The second-order valence-electron chi connectivity index (χ2n) is 4.78. The minimum atomic E-state index is -0.416. The Kier molecular flexibility index (Phi) is 4.37. The maximum atomic E-state index is 9.59. The standard InChI is InChI=1S/C13H21NO3/c1-4-17-11-7-9(5-6-10(11)16)12(14)13(2,3)8-15/h5-7,12,15-16H,4,8,14H2,1-3H3/t12-/m1/s1. The van der Waals surface area contributed by atoms with Gasteiger partial charge in [0.1, 0.15) is 0 Å². The van der Waals surface area contributed by atoms with Crippen molar-refractivity contribution in [3.8, 4) is 11.5 Å². The molecule has 0 spiro atoms. The summed E-state index contributed by atoms with van der Waals surface area (Å²) in [6.07, 6.45) is 0. The fourth-order valence-corrected chi connectivity index (χ4v) is 1.54. The molecule has 0 bridgehead atoms. The molecule has 0 saturated carbocycles. The smallest absolute Gasteiger partial charge is 0.161 e. The van der Waals surface area contributed by atoms with Crippen LogP contribution in [-0.2, 0) is 0 Å². The first-order valence-electron chi connectivity index (χ1n) is 5.74. The van der Waals surface area contributed by atoms with E-state index in [1.807, 2.05) is 20.8 Å². The zero-order valence-electron chi connectivity index (χ0n) is 10.6. The van der Waals surface area contributed by atoms with Crippen molar-refractivity contribution in [2.24, 2.45) is 11.1 Å². The van der Waals surface area contributed by atoms with Crippen LogP contribution in [0.5, 0.6) is 11.5 Å². The molecule has 1 rings (SSSR count). The van der Waals surface area contributed by atoms with Crippen molar-refractivity contribution in [2.75, 3.05) is 13.2 Å². The van der Waals surface area contributed by atoms with Crippen molar-refractivity contribution in [3.63, 3.8) is 0 Å². The number of phenols is 1. The predicted molar refractivity (Wildman–Crippen MR) is 67.1 cm³/mol. The first kappa shape index (κ1) is 13.8. The van der Waals surface area contributed by atoms with E-state index >= 15 is 0 Å². The van der Waals surface area contributed by atoms with Gasteiger partial charge >= 0.3 is 0 Å². The lowest BCUT2D eigenvalue weighted by atomic mass is 9.82. The Bertz CT molecular complexity index is 377. The molecule has 17 heavy (non-hydrogen) atoms. The van der Waals surface area contributed by atoms with Crippen LogP contribution in [0.15, 0.2) is 18.2 Å². The molecule has 0 amide bonds. The Morgan fingerprint density at radius 2 is 2.06 bits per heavy atom. The Labute approximate surface area is 102 Å². The number of phenolic OH excluding ortho intramolecular Hbond substituents is 1. The van der Waals surface area contributed by atoms with Gasteiger partial charge in [0.25, 0.3) is 0 Å². The summed E-state index contributed by atoms with van der Waals surface area (Å²) in [7, 11) is 0. The fraction of sp³-hybridized carbons (Fsp3) is 0.538. The lowest BCUT2D eigenvalue weighted by Crippen LogP contribution is -2.32. The molecule has 0 fully saturated rings. The number of benzene rings is 1. The van der Waals surface area contributed by atoms with E-state index < -0.39 is 5.41 Å². The van der Waals surface area contributed by atoms with Crippen molar-refractivity contribution < 1.29 is 14.9 Å². The molecule has 0 aliphatic rings. The highest BCUT2D eigenvalue weighted by Gasteiger charge is 2.27. The molecule has 4 N–H and O–H groups in total. The summed E-state index contributed by atoms with van der Waals surface area (Å²) in [5, 5.41) is 18.9. The number of aliphatic hydroxyl groups excluding tert-OH is 1. The van der Waals surface area contributed by atoms with Crippen LogP contribution >= 0.6 is 0 Å². The van der Waals surface area contributed by atoms with Crippen molar-refractivity contribution in [2.45, 2.75) is 26.8 Å². The Balaban J connectivity index is 3.03. The summed E-state index contributed by atoms with van der Waals surface area (Å²) in [6.45, 7) is 6.12. The first-order chi connectivity index (χ1) is 7.92. The van der Waals surface area contributed by atoms with Gasteiger partial charge in [-0.05, 0) is 24.6 Å². The van der Waals surface area contributed by atoms with E-state index in [1.54, 1.807) is 18.2 Å². The maximum Gasteiger partial charge on any atom is 0.161 e. The number of nitrogens with two attached hydrogens (primary N) is 1. The number of hydrogen-bond acceptors (Lipinski definition) is 4. The van der Waals surface area contributed by atoms with Gasteiger partial charge in [-0.1, -0.05) is 19.9 Å². The summed E-state index contributed by atoms with van der Waals surface area (Å²) in [6, 6.07) is 4.72. The molecule has 1 atom stereocenters. The van der Waals surface area contributed by atoms with Crippen LogP contribution < -0.4 is 10.5 Å². The van der Waals surface area contributed by atoms with Crippen molar-refractivity contribution in [1.82, 2.24) is 0 Å². The first-order valence-corrected chi connectivity index (χ1v) is 5.74. The highest BCUT2D eigenvalue weighted by molar-refractivity contribution is 5.43. The van der Waals surface area contributed by atoms with Crippen LogP contribution in [-0.4, -0.2) is 23.4 Å². The van der Waals surface area contributed by atoms with Gasteiger partial charge in [-0.2, -0.15) is 0 Å².